The van der Waals surface area contributed by atoms with Crippen molar-refractivity contribution in [3.63, 3.8) is 0 Å². The van der Waals surface area contributed by atoms with Crippen LogP contribution in [0.3, 0.4) is 0 Å². The lowest BCUT2D eigenvalue weighted by Gasteiger charge is -2.13. The first-order valence-electron chi connectivity index (χ1n) is 6.53. The molecule has 0 aliphatic heterocycles. The van der Waals surface area contributed by atoms with E-state index in [0.717, 1.165) is 15.5 Å². The van der Waals surface area contributed by atoms with Gasteiger partial charge in [0.2, 0.25) is 0 Å². The zero-order valence-electron chi connectivity index (χ0n) is 11.2. The second-order valence-electron chi connectivity index (χ2n) is 4.69. The van der Waals surface area contributed by atoms with Crippen molar-refractivity contribution in [2.45, 2.75) is 12.6 Å². The van der Waals surface area contributed by atoms with Crippen LogP contribution in [0.15, 0.2) is 53.5 Å². The van der Waals surface area contributed by atoms with Crippen molar-refractivity contribution in [2.75, 3.05) is 6.61 Å². The van der Waals surface area contributed by atoms with Crippen molar-refractivity contribution in [1.29, 1.82) is 0 Å². The maximum absolute atomic E-state index is 10.1. The molecule has 0 amide bonds. The average molecular weight is 348 g/mol. The molecule has 21 heavy (non-hydrogen) atoms. The quantitative estimate of drug-likeness (QED) is 0.770. The zero-order valence-corrected chi connectivity index (χ0v) is 12.8. The Labute approximate surface area is 130 Å². The Bertz CT molecular complexity index is 744. The molecule has 2 aromatic heterocycles. The number of halogens is 1. The lowest BCUT2D eigenvalue weighted by molar-refractivity contribution is 0.0932. The van der Waals surface area contributed by atoms with Gasteiger partial charge in [-0.3, -0.25) is 4.98 Å². The highest BCUT2D eigenvalue weighted by atomic mass is 79.9. The van der Waals surface area contributed by atoms with Crippen LogP contribution in [0.4, 0.5) is 0 Å². The standard InChI is InChI=1S/C15H14BrN3O2/c16-11-5-13(7-17-6-11)21-9-12(20)8-19-10-18-14-3-1-2-4-15(14)19/h1-7,10,12,20H,8-9H2. The van der Waals surface area contributed by atoms with Crippen LogP contribution in [0.5, 0.6) is 5.75 Å². The first-order valence-corrected chi connectivity index (χ1v) is 7.33. The topological polar surface area (TPSA) is 60.2 Å². The number of para-hydroxylation sites is 2. The van der Waals surface area contributed by atoms with Crippen molar-refractivity contribution in [3.05, 3.63) is 53.5 Å². The van der Waals surface area contributed by atoms with Crippen LogP contribution >= 0.6 is 15.9 Å². The molecule has 1 N–H and O–H groups in total. The maximum Gasteiger partial charge on any atom is 0.138 e. The fraction of sp³-hybridized carbons (Fsp3) is 0.200. The predicted molar refractivity (Wildman–Crippen MR) is 83.2 cm³/mol. The summed E-state index contributed by atoms with van der Waals surface area (Å²) in [6, 6.07) is 9.64. The molecule has 3 aromatic rings. The smallest absolute Gasteiger partial charge is 0.138 e. The molecule has 0 aliphatic rings. The lowest BCUT2D eigenvalue weighted by atomic mass is 10.3. The van der Waals surface area contributed by atoms with Gasteiger partial charge in [0.1, 0.15) is 18.5 Å². The van der Waals surface area contributed by atoms with E-state index in [9.17, 15) is 5.11 Å². The summed E-state index contributed by atoms with van der Waals surface area (Å²) in [5, 5.41) is 10.1. The number of nitrogens with zero attached hydrogens (tertiary/aromatic N) is 3. The third-order valence-electron chi connectivity index (χ3n) is 3.06. The summed E-state index contributed by atoms with van der Waals surface area (Å²) in [5.74, 6) is 0.624. The molecular weight excluding hydrogens is 334 g/mol. The molecule has 6 heteroatoms. The molecule has 0 aliphatic carbocycles. The molecule has 1 unspecified atom stereocenters. The SMILES string of the molecule is OC(COc1cncc(Br)c1)Cn1cnc2ccccc21. The van der Waals surface area contributed by atoms with Gasteiger partial charge in [-0.1, -0.05) is 12.1 Å². The summed E-state index contributed by atoms with van der Waals surface area (Å²) >= 11 is 3.33. The van der Waals surface area contributed by atoms with E-state index in [1.165, 1.54) is 0 Å². The van der Waals surface area contributed by atoms with Gasteiger partial charge in [0.15, 0.2) is 0 Å². The second kappa shape index (κ2) is 6.24. The number of rotatable bonds is 5. The third kappa shape index (κ3) is 3.40. The Morgan fingerprint density at radius 2 is 2.14 bits per heavy atom. The Morgan fingerprint density at radius 1 is 1.29 bits per heavy atom. The molecule has 0 spiro atoms. The van der Waals surface area contributed by atoms with E-state index < -0.39 is 6.10 Å². The largest absolute Gasteiger partial charge is 0.489 e. The van der Waals surface area contributed by atoms with E-state index in [1.54, 1.807) is 18.7 Å². The normalized spacial score (nSPS) is 12.5. The Balaban J connectivity index is 1.62. The van der Waals surface area contributed by atoms with E-state index in [0.29, 0.717) is 12.3 Å². The molecule has 3 rings (SSSR count). The molecule has 0 bridgehead atoms. The molecule has 0 saturated heterocycles. The second-order valence-corrected chi connectivity index (χ2v) is 5.61. The number of ether oxygens (including phenoxy) is 1. The van der Waals surface area contributed by atoms with Crippen molar-refractivity contribution in [1.82, 2.24) is 14.5 Å². The minimum Gasteiger partial charge on any atom is -0.489 e. The molecule has 108 valence electrons. The molecule has 5 nitrogen and oxygen atoms in total. The number of benzene rings is 1. The summed E-state index contributed by atoms with van der Waals surface area (Å²) in [4.78, 5) is 8.31. The predicted octanol–water partition coefficient (Wildman–Crippen LogP) is 2.63. The van der Waals surface area contributed by atoms with Gasteiger partial charge in [-0.15, -0.1) is 0 Å². The Kier molecular flexibility index (Phi) is 4.17. The molecule has 1 atom stereocenters. The van der Waals surface area contributed by atoms with E-state index in [4.69, 9.17) is 4.74 Å². The highest BCUT2D eigenvalue weighted by Gasteiger charge is 2.09. The molecule has 2 heterocycles. The summed E-state index contributed by atoms with van der Waals surface area (Å²) in [6.07, 6.45) is 4.40. The van der Waals surface area contributed by atoms with Crippen molar-refractivity contribution in [2.24, 2.45) is 0 Å². The van der Waals surface area contributed by atoms with Gasteiger partial charge in [0.05, 0.1) is 30.1 Å². The number of aliphatic hydroxyl groups is 1. The highest BCUT2D eigenvalue weighted by Crippen LogP contribution is 2.16. The Hall–Kier alpha value is -1.92. The van der Waals surface area contributed by atoms with Crippen LogP contribution in [0.2, 0.25) is 0 Å². The zero-order chi connectivity index (χ0) is 14.7. The maximum atomic E-state index is 10.1. The molecular formula is C15H14BrN3O2. The van der Waals surface area contributed by atoms with Crippen LogP contribution in [-0.2, 0) is 6.54 Å². The van der Waals surface area contributed by atoms with Crippen molar-refractivity contribution in [3.8, 4) is 5.75 Å². The van der Waals surface area contributed by atoms with Gasteiger partial charge in [-0.25, -0.2) is 4.98 Å². The fourth-order valence-corrected chi connectivity index (χ4v) is 2.44. The van der Waals surface area contributed by atoms with E-state index >= 15 is 0 Å². The van der Waals surface area contributed by atoms with Crippen LogP contribution in [0.25, 0.3) is 11.0 Å². The van der Waals surface area contributed by atoms with Gasteiger partial charge in [-0.05, 0) is 34.1 Å². The lowest BCUT2D eigenvalue weighted by Crippen LogP contribution is -2.23. The van der Waals surface area contributed by atoms with E-state index in [2.05, 4.69) is 25.9 Å². The number of fused-ring (bicyclic) bond motifs is 1. The summed E-state index contributed by atoms with van der Waals surface area (Å²) < 4.78 is 8.30. The number of hydrogen-bond donors (Lipinski definition) is 1. The number of pyridine rings is 1. The first-order chi connectivity index (χ1) is 10.2. The highest BCUT2D eigenvalue weighted by molar-refractivity contribution is 9.10. The van der Waals surface area contributed by atoms with E-state index in [1.807, 2.05) is 34.9 Å². The number of aliphatic hydroxyl groups excluding tert-OH is 1. The van der Waals surface area contributed by atoms with Gasteiger partial charge < -0.3 is 14.4 Å². The monoisotopic (exact) mass is 347 g/mol. The van der Waals surface area contributed by atoms with Gasteiger partial charge >= 0.3 is 0 Å². The molecule has 0 fully saturated rings. The minimum absolute atomic E-state index is 0.199. The number of aromatic nitrogens is 3. The Morgan fingerprint density at radius 3 is 3.00 bits per heavy atom. The van der Waals surface area contributed by atoms with Crippen LogP contribution in [-0.4, -0.2) is 32.4 Å². The first kappa shape index (κ1) is 14.0. The van der Waals surface area contributed by atoms with Gasteiger partial charge in [0.25, 0.3) is 0 Å². The fourth-order valence-electron chi connectivity index (χ4n) is 2.10. The summed E-state index contributed by atoms with van der Waals surface area (Å²) in [6.45, 7) is 0.632. The molecule has 1 aromatic carbocycles. The van der Waals surface area contributed by atoms with Crippen molar-refractivity contribution < 1.29 is 9.84 Å². The average Bonchev–Trinajstić information content (AvgIpc) is 2.89. The summed E-state index contributed by atoms with van der Waals surface area (Å²) in [5.41, 5.74) is 1.92. The third-order valence-corrected chi connectivity index (χ3v) is 3.49. The van der Waals surface area contributed by atoms with Crippen LogP contribution in [0.1, 0.15) is 0 Å². The number of hydrogen-bond acceptors (Lipinski definition) is 4. The number of imidazole rings is 1. The molecule has 0 radical (unpaired) electrons. The van der Waals surface area contributed by atoms with Crippen LogP contribution < -0.4 is 4.74 Å². The van der Waals surface area contributed by atoms with Gasteiger partial charge in [0, 0.05) is 10.7 Å². The van der Waals surface area contributed by atoms with Gasteiger partial charge in [-0.2, -0.15) is 0 Å². The van der Waals surface area contributed by atoms with E-state index in [-0.39, 0.29) is 6.61 Å². The minimum atomic E-state index is -0.624. The summed E-state index contributed by atoms with van der Waals surface area (Å²) in [7, 11) is 0. The molecule has 0 saturated carbocycles. The van der Waals surface area contributed by atoms with Crippen molar-refractivity contribution >= 4 is 27.0 Å². The van der Waals surface area contributed by atoms with Crippen LogP contribution in [0, 0.1) is 0 Å².